The lowest BCUT2D eigenvalue weighted by molar-refractivity contribution is -0.0303. The first-order chi connectivity index (χ1) is 11.8. The van der Waals surface area contributed by atoms with Gasteiger partial charge in [0.15, 0.2) is 0 Å². The van der Waals surface area contributed by atoms with E-state index in [1.807, 2.05) is 25.1 Å². The van der Waals surface area contributed by atoms with Crippen LogP contribution in [0.15, 0.2) is 34.8 Å². The summed E-state index contributed by atoms with van der Waals surface area (Å²) in [6, 6.07) is 8.37. The van der Waals surface area contributed by atoms with Crippen molar-refractivity contribution >= 4 is 55.8 Å². The number of aryl methyl sites for hydroxylation is 1. The summed E-state index contributed by atoms with van der Waals surface area (Å²) < 4.78 is 15.2. The van der Waals surface area contributed by atoms with Crippen LogP contribution in [0.1, 0.15) is 22.8 Å². The van der Waals surface area contributed by atoms with Gasteiger partial charge in [-0.15, -0.1) is 0 Å². The average molecular weight is 523 g/mol. The van der Waals surface area contributed by atoms with Crippen molar-refractivity contribution in [2.24, 2.45) is 0 Å². The number of halogens is 3. The minimum Gasteiger partial charge on any atom is -0.394 e. The molecule has 5 nitrogen and oxygen atoms in total. The van der Waals surface area contributed by atoms with E-state index in [4.69, 9.17) is 9.94 Å². The van der Waals surface area contributed by atoms with Crippen molar-refractivity contribution in [3.05, 3.63) is 55.3 Å². The van der Waals surface area contributed by atoms with Gasteiger partial charge >= 0.3 is 0 Å². The van der Waals surface area contributed by atoms with E-state index < -0.39 is 17.8 Å². The summed E-state index contributed by atoms with van der Waals surface area (Å²) in [6.45, 7) is 3.29. The Bertz CT molecular complexity index is 789. The first-order valence-corrected chi connectivity index (χ1v) is 9.28. The van der Waals surface area contributed by atoms with E-state index in [1.54, 1.807) is 6.92 Å². The molecule has 2 aromatic rings. The smallest absolute Gasteiger partial charge is 0.277 e. The number of hydroxylamine groups is 1. The van der Waals surface area contributed by atoms with Crippen molar-refractivity contribution in [3.63, 3.8) is 0 Å². The maximum atomic E-state index is 14.0. The van der Waals surface area contributed by atoms with E-state index in [0.717, 1.165) is 14.8 Å². The van der Waals surface area contributed by atoms with Crippen molar-refractivity contribution in [1.82, 2.24) is 5.48 Å². The van der Waals surface area contributed by atoms with Crippen molar-refractivity contribution < 1.29 is 19.1 Å². The van der Waals surface area contributed by atoms with Gasteiger partial charge in [-0.1, -0.05) is 0 Å². The second kappa shape index (κ2) is 8.93. The lowest BCUT2D eigenvalue weighted by Crippen LogP contribution is -2.30. The SMILES string of the molecule is Cc1cc(I)ccc1Nc1cc(F)c(Br)cc1C(=O)NOC(C)CO. The number of rotatable bonds is 6. The Kier molecular flexibility index (Phi) is 7.17. The highest BCUT2D eigenvalue weighted by Crippen LogP contribution is 2.29. The van der Waals surface area contributed by atoms with E-state index in [-0.39, 0.29) is 16.6 Å². The Hall–Kier alpha value is -1.23. The molecule has 2 aromatic carbocycles. The Morgan fingerprint density at radius 1 is 1.36 bits per heavy atom. The maximum absolute atomic E-state index is 14.0. The van der Waals surface area contributed by atoms with Gasteiger partial charge in [-0.25, -0.2) is 9.87 Å². The van der Waals surface area contributed by atoms with Gasteiger partial charge in [0.1, 0.15) is 11.9 Å². The molecule has 0 fully saturated rings. The van der Waals surface area contributed by atoms with Gasteiger partial charge in [-0.2, -0.15) is 0 Å². The number of carbonyl (C=O) groups is 1. The largest absolute Gasteiger partial charge is 0.394 e. The minimum atomic E-state index is -0.553. The highest BCUT2D eigenvalue weighted by atomic mass is 127. The first kappa shape index (κ1) is 20.1. The molecule has 8 heteroatoms. The number of nitrogens with one attached hydrogen (secondary N) is 2. The molecule has 1 amide bonds. The van der Waals surface area contributed by atoms with Gasteiger partial charge < -0.3 is 10.4 Å². The summed E-state index contributed by atoms with van der Waals surface area (Å²) in [4.78, 5) is 17.4. The van der Waals surface area contributed by atoms with Crippen molar-refractivity contribution in [1.29, 1.82) is 0 Å². The molecule has 1 unspecified atom stereocenters. The van der Waals surface area contributed by atoms with Crippen LogP contribution in [0, 0.1) is 16.3 Å². The van der Waals surface area contributed by atoms with E-state index >= 15 is 0 Å². The predicted molar refractivity (Wildman–Crippen MR) is 106 cm³/mol. The van der Waals surface area contributed by atoms with Gasteiger partial charge in [0, 0.05) is 9.26 Å². The van der Waals surface area contributed by atoms with Crippen LogP contribution in [0.2, 0.25) is 0 Å². The standard InChI is InChI=1S/C17H17BrFIN2O3/c1-9-5-11(20)3-4-15(9)21-16-7-14(19)13(18)6-12(16)17(24)22-25-10(2)8-23/h3-7,10,21,23H,8H2,1-2H3,(H,22,24). The second-order valence-electron chi connectivity index (χ2n) is 5.44. The molecule has 0 aliphatic carbocycles. The third-order valence-corrected chi connectivity index (χ3v) is 4.65. The highest BCUT2D eigenvalue weighted by Gasteiger charge is 2.17. The van der Waals surface area contributed by atoms with Crippen LogP contribution in [0.3, 0.4) is 0 Å². The Morgan fingerprint density at radius 2 is 2.08 bits per heavy atom. The fourth-order valence-corrected chi connectivity index (χ4v) is 2.99. The minimum absolute atomic E-state index is 0.165. The van der Waals surface area contributed by atoms with Gasteiger partial charge in [-0.3, -0.25) is 9.63 Å². The molecule has 0 aromatic heterocycles. The summed E-state index contributed by atoms with van der Waals surface area (Å²) in [5.74, 6) is -1.04. The first-order valence-electron chi connectivity index (χ1n) is 7.41. The lowest BCUT2D eigenvalue weighted by Gasteiger charge is -2.16. The van der Waals surface area contributed by atoms with Gasteiger partial charge in [0.2, 0.25) is 0 Å². The highest BCUT2D eigenvalue weighted by molar-refractivity contribution is 14.1. The molecule has 2 rings (SSSR count). The van der Waals surface area contributed by atoms with Crippen LogP contribution in [0.4, 0.5) is 15.8 Å². The van der Waals surface area contributed by atoms with Crippen LogP contribution in [0.5, 0.6) is 0 Å². The molecule has 0 aliphatic rings. The van der Waals surface area contributed by atoms with Crippen molar-refractivity contribution in [3.8, 4) is 0 Å². The number of carbonyl (C=O) groups excluding carboxylic acids is 1. The van der Waals surface area contributed by atoms with E-state index in [0.29, 0.717) is 5.69 Å². The molecule has 25 heavy (non-hydrogen) atoms. The molecule has 0 bridgehead atoms. The number of benzene rings is 2. The van der Waals surface area contributed by atoms with Crippen LogP contribution >= 0.6 is 38.5 Å². The topological polar surface area (TPSA) is 70.6 Å². The van der Waals surface area contributed by atoms with Crippen molar-refractivity contribution in [2.75, 3.05) is 11.9 Å². The fraction of sp³-hybridized carbons (Fsp3) is 0.235. The summed E-state index contributed by atoms with van der Waals surface area (Å²) in [6.07, 6.45) is -0.553. The Balaban J connectivity index is 2.33. The number of hydrogen-bond acceptors (Lipinski definition) is 4. The molecule has 1 atom stereocenters. The summed E-state index contributed by atoms with van der Waals surface area (Å²) in [5, 5.41) is 12.0. The number of amides is 1. The molecule has 0 saturated heterocycles. The number of aliphatic hydroxyl groups excluding tert-OH is 1. The van der Waals surface area contributed by atoms with E-state index in [2.05, 4.69) is 49.3 Å². The zero-order valence-corrected chi connectivity index (χ0v) is 17.3. The second-order valence-corrected chi connectivity index (χ2v) is 7.54. The molecule has 0 heterocycles. The van der Waals surface area contributed by atoms with Crippen LogP contribution in [-0.4, -0.2) is 23.7 Å². The summed E-state index contributed by atoms with van der Waals surface area (Å²) in [5.41, 5.74) is 4.51. The van der Waals surface area contributed by atoms with Crippen molar-refractivity contribution in [2.45, 2.75) is 20.0 Å². The fourth-order valence-electron chi connectivity index (χ4n) is 2.00. The van der Waals surface area contributed by atoms with Crippen LogP contribution in [-0.2, 0) is 4.84 Å². The van der Waals surface area contributed by atoms with Gasteiger partial charge in [0.05, 0.1) is 22.3 Å². The molecule has 3 N–H and O–H groups in total. The number of aliphatic hydroxyl groups is 1. The lowest BCUT2D eigenvalue weighted by atomic mass is 10.1. The maximum Gasteiger partial charge on any atom is 0.277 e. The summed E-state index contributed by atoms with van der Waals surface area (Å²) in [7, 11) is 0. The van der Waals surface area contributed by atoms with Gasteiger partial charge in [-0.05, 0) is 88.3 Å². The van der Waals surface area contributed by atoms with Crippen LogP contribution in [0.25, 0.3) is 0 Å². The summed E-state index contributed by atoms with van der Waals surface area (Å²) >= 11 is 5.29. The molecule has 0 radical (unpaired) electrons. The van der Waals surface area contributed by atoms with Crippen LogP contribution < -0.4 is 10.8 Å². The molecule has 0 aliphatic heterocycles. The normalized spacial score (nSPS) is 11.9. The quantitative estimate of drug-likeness (QED) is 0.391. The Labute approximate surface area is 167 Å². The predicted octanol–water partition coefficient (Wildman–Crippen LogP) is 4.29. The molecule has 134 valence electrons. The number of hydrogen-bond donors (Lipinski definition) is 3. The number of anilines is 2. The monoisotopic (exact) mass is 522 g/mol. The van der Waals surface area contributed by atoms with Gasteiger partial charge in [0.25, 0.3) is 5.91 Å². The molecule has 0 saturated carbocycles. The molecule has 0 spiro atoms. The van der Waals surface area contributed by atoms with E-state index in [9.17, 15) is 9.18 Å². The average Bonchev–Trinajstić information content (AvgIpc) is 2.57. The third-order valence-electron chi connectivity index (χ3n) is 3.37. The zero-order chi connectivity index (χ0) is 18.6. The third kappa shape index (κ3) is 5.37. The molecular formula is C17H17BrFIN2O3. The zero-order valence-electron chi connectivity index (χ0n) is 13.6. The van der Waals surface area contributed by atoms with E-state index in [1.165, 1.54) is 12.1 Å². The molecular weight excluding hydrogens is 506 g/mol. The Morgan fingerprint density at radius 3 is 2.72 bits per heavy atom.